The Morgan fingerprint density at radius 2 is 1.97 bits per heavy atom. The van der Waals surface area contributed by atoms with Crippen molar-refractivity contribution in [3.63, 3.8) is 0 Å². The highest BCUT2D eigenvalue weighted by Crippen LogP contribution is 2.26. The van der Waals surface area contributed by atoms with Gasteiger partial charge < -0.3 is 10.2 Å². The Kier molecular flexibility index (Phi) is 7.02. The summed E-state index contributed by atoms with van der Waals surface area (Å²) in [5.74, 6) is -0.172. The van der Waals surface area contributed by atoms with Crippen LogP contribution in [0.1, 0.15) is 52.8 Å². The number of aryl methyl sites for hydroxylation is 2. The van der Waals surface area contributed by atoms with Crippen LogP contribution in [0.3, 0.4) is 0 Å². The van der Waals surface area contributed by atoms with E-state index in [1.54, 1.807) is 25.3 Å². The maximum atomic E-state index is 13.8. The van der Waals surface area contributed by atoms with Crippen LogP contribution in [0, 0.1) is 12.7 Å². The third-order valence-corrected chi connectivity index (χ3v) is 5.82. The molecular formula is C25H26FN5O2. The molecular weight excluding hydrogens is 421 g/mol. The Balaban J connectivity index is 1.32. The number of nitrogens with one attached hydrogen (secondary N) is 1. The maximum absolute atomic E-state index is 13.8. The van der Waals surface area contributed by atoms with Crippen molar-refractivity contribution >= 4 is 17.5 Å². The number of rotatable bonds is 7. The van der Waals surface area contributed by atoms with Crippen LogP contribution in [0.4, 0.5) is 10.1 Å². The van der Waals surface area contributed by atoms with Gasteiger partial charge in [0.2, 0.25) is 5.91 Å². The number of likely N-dealkylation sites (tertiary alicyclic amines) is 1. The number of benzene rings is 1. The van der Waals surface area contributed by atoms with Gasteiger partial charge >= 0.3 is 0 Å². The van der Waals surface area contributed by atoms with Crippen molar-refractivity contribution in [3.8, 4) is 0 Å². The van der Waals surface area contributed by atoms with Gasteiger partial charge in [0.1, 0.15) is 11.6 Å². The van der Waals surface area contributed by atoms with Crippen LogP contribution < -0.4 is 5.32 Å². The van der Waals surface area contributed by atoms with Gasteiger partial charge in [0, 0.05) is 43.5 Å². The maximum Gasteiger partial charge on any atom is 0.259 e. The molecule has 170 valence electrons. The molecule has 3 heterocycles. The number of carbonyl (C=O) groups excluding carboxylic acids is 2. The minimum absolute atomic E-state index is 0.0344. The Morgan fingerprint density at radius 1 is 1.15 bits per heavy atom. The minimum Gasteiger partial charge on any atom is -0.342 e. The van der Waals surface area contributed by atoms with Crippen molar-refractivity contribution < 1.29 is 14.0 Å². The van der Waals surface area contributed by atoms with Gasteiger partial charge in [0.15, 0.2) is 0 Å². The van der Waals surface area contributed by atoms with E-state index < -0.39 is 11.7 Å². The smallest absolute Gasteiger partial charge is 0.259 e. The van der Waals surface area contributed by atoms with E-state index in [4.69, 9.17) is 0 Å². The lowest BCUT2D eigenvalue weighted by molar-refractivity contribution is -0.130. The summed E-state index contributed by atoms with van der Waals surface area (Å²) in [5, 5.41) is 2.56. The lowest BCUT2D eigenvalue weighted by Gasteiger charge is -2.16. The van der Waals surface area contributed by atoms with E-state index in [2.05, 4.69) is 20.3 Å². The van der Waals surface area contributed by atoms with Crippen LogP contribution in [0.15, 0.2) is 54.9 Å². The number of hydrogen-bond acceptors (Lipinski definition) is 5. The average Bonchev–Trinajstić information content (AvgIpc) is 3.32. The van der Waals surface area contributed by atoms with Crippen LogP contribution >= 0.6 is 0 Å². The van der Waals surface area contributed by atoms with Crippen molar-refractivity contribution in [2.45, 2.75) is 38.5 Å². The molecule has 0 saturated carbocycles. The second-order valence-electron chi connectivity index (χ2n) is 8.16. The van der Waals surface area contributed by atoms with Crippen LogP contribution in [-0.2, 0) is 11.2 Å². The molecule has 33 heavy (non-hydrogen) atoms. The van der Waals surface area contributed by atoms with Crippen LogP contribution in [0.25, 0.3) is 0 Å². The van der Waals surface area contributed by atoms with E-state index in [1.807, 2.05) is 23.1 Å². The number of pyridine rings is 1. The van der Waals surface area contributed by atoms with E-state index >= 15 is 0 Å². The highest BCUT2D eigenvalue weighted by Gasteiger charge is 2.29. The SMILES string of the molecule is Cc1nc([C@H]2CCN(C(=O)CCCc3ccccn3)C2)ncc1C(=O)Nc1ccccc1F. The molecule has 1 aromatic carbocycles. The van der Waals surface area contributed by atoms with Gasteiger partial charge in [-0.05, 0) is 50.5 Å². The van der Waals surface area contributed by atoms with Crippen molar-refractivity contribution in [2.75, 3.05) is 18.4 Å². The van der Waals surface area contributed by atoms with Gasteiger partial charge in [-0.15, -0.1) is 0 Å². The largest absolute Gasteiger partial charge is 0.342 e. The molecule has 4 rings (SSSR count). The molecule has 0 unspecified atom stereocenters. The molecule has 1 aliphatic rings. The summed E-state index contributed by atoms with van der Waals surface area (Å²) < 4.78 is 13.8. The minimum atomic E-state index is -0.503. The van der Waals surface area contributed by atoms with Gasteiger partial charge in [0.25, 0.3) is 5.91 Å². The molecule has 0 radical (unpaired) electrons. The topological polar surface area (TPSA) is 88.1 Å². The summed E-state index contributed by atoms with van der Waals surface area (Å²) in [7, 11) is 0. The molecule has 1 N–H and O–H groups in total. The number of aromatic nitrogens is 3. The first kappa shape index (κ1) is 22.5. The summed E-state index contributed by atoms with van der Waals surface area (Å²) in [5.41, 5.74) is 1.92. The Hall–Kier alpha value is -3.68. The fourth-order valence-corrected chi connectivity index (χ4v) is 3.98. The first-order valence-electron chi connectivity index (χ1n) is 11.1. The Labute approximate surface area is 192 Å². The zero-order valence-electron chi connectivity index (χ0n) is 18.5. The van der Waals surface area contributed by atoms with Gasteiger partial charge in [-0.25, -0.2) is 14.4 Å². The molecule has 1 saturated heterocycles. The summed E-state index contributed by atoms with van der Waals surface area (Å²) in [6.07, 6.45) is 6.05. The first-order valence-corrected chi connectivity index (χ1v) is 11.1. The predicted molar refractivity (Wildman–Crippen MR) is 122 cm³/mol. The fourth-order valence-electron chi connectivity index (χ4n) is 3.98. The number of carbonyl (C=O) groups is 2. The monoisotopic (exact) mass is 447 g/mol. The molecule has 1 fully saturated rings. The van der Waals surface area contributed by atoms with E-state index in [0.29, 0.717) is 36.6 Å². The number of halogens is 1. The van der Waals surface area contributed by atoms with E-state index in [-0.39, 0.29) is 17.5 Å². The third kappa shape index (κ3) is 5.58. The highest BCUT2D eigenvalue weighted by atomic mass is 19.1. The van der Waals surface area contributed by atoms with Crippen molar-refractivity contribution in [2.24, 2.45) is 0 Å². The molecule has 3 aromatic rings. The van der Waals surface area contributed by atoms with Crippen molar-refractivity contribution in [1.82, 2.24) is 19.9 Å². The number of amides is 2. The fraction of sp³-hybridized carbons (Fsp3) is 0.320. The third-order valence-electron chi connectivity index (χ3n) is 5.82. The quantitative estimate of drug-likeness (QED) is 0.593. The standard InChI is InChI=1S/C25H26FN5O2/c1-17-20(25(33)30-22-10-3-2-9-21(22)26)15-28-24(29-17)18-12-14-31(16-18)23(32)11-6-8-19-7-4-5-13-27-19/h2-5,7,9-10,13,15,18H,6,8,11-12,14,16H2,1H3,(H,30,33)/t18-/m0/s1. The second-order valence-corrected chi connectivity index (χ2v) is 8.16. The van der Waals surface area contributed by atoms with Crippen LogP contribution in [-0.4, -0.2) is 44.8 Å². The van der Waals surface area contributed by atoms with Crippen molar-refractivity contribution in [3.05, 3.63) is 83.5 Å². The molecule has 1 aliphatic heterocycles. The molecule has 2 aromatic heterocycles. The molecule has 0 bridgehead atoms. The lowest BCUT2D eigenvalue weighted by Crippen LogP contribution is -2.28. The van der Waals surface area contributed by atoms with Gasteiger partial charge in [0.05, 0.1) is 16.9 Å². The number of hydrogen-bond donors (Lipinski definition) is 1. The number of para-hydroxylation sites is 1. The molecule has 0 aliphatic carbocycles. The number of nitrogens with zero attached hydrogens (tertiary/aromatic N) is 4. The summed E-state index contributed by atoms with van der Waals surface area (Å²) in [6, 6.07) is 11.8. The molecule has 0 spiro atoms. The second kappa shape index (κ2) is 10.3. The summed E-state index contributed by atoms with van der Waals surface area (Å²) in [6.45, 7) is 2.98. The van der Waals surface area contributed by atoms with Crippen molar-refractivity contribution in [1.29, 1.82) is 0 Å². The Bertz CT molecular complexity index is 1140. The summed E-state index contributed by atoms with van der Waals surface area (Å²) in [4.78, 5) is 40.2. The number of anilines is 1. The van der Waals surface area contributed by atoms with E-state index in [9.17, 15) is 14.0 Å². The lowest BCUT2D eigenvalue weighted by atomic mass is 10.1. The van der Waals surface area contributed by atoms with Gasteiger partial charge in [-0.1, -0.05) is 18.2 Å². The normalized spacial score (nSPS) is 15.5. The van der Waals surface area contributed by atoms with E-state index in [0.717, 1.165) is 25.0 Å². The zero-order chi connectivity index (χ0) is 23.2. The predicted octanol–water partition coefficient (Wildman–Crippen LogP) is 3.91. The Morgan fingerprint density at radius 3 is 2.73 bits per heavy atom. The summed E-state index contributed by atoms with van der Waals surface area (Å²) >= 11 is 0. The van der Waals surface area contributed by atoms with E-state index in [1.165, 1.54) is 18.3 Å². The molecule has 1 atom stereocenters. The van der Waals surface area contributed by atoms with Crippen LogP contribution in [0.5, 0.6) is 0 Å². The highest BCUT2D eigenvalue weighted by molar-refractivity contribution is 6.04. The molecule has 8 heteroatoms. The van der Waals surface area contributed by atoms with Gasteiger partial charge in [-0.3, -0.25) is 14.6 Å². The molecule has 2 amide bonds. The molecule has 7 nitrogen and oxygen atoms in total. The first-order chi connectivity index (χ1) is 16.0. The van der Waals surface area contributed by atoms with Gasteiger partial charge in [-0.2, -0.15) is 0 Å². The average molecular weight is 448 g/mol. The van der Waals surface area contributed by atoms with Crippen LogP contribution in [0.2, 0.25) is 0 Å². The zero-order valence-corrected chi connectivity index (χ0v) is 18.5.